The highest BCUT2D eigenvalue weighted by atomic mass is 16.7. The van der Waals surface area contributed by atoms with Crippen LogP contribution in [0.2, 0.25) is 0 Å². The topological polar surface area (TPSA) is 52.6 Å². The lowest BCUT2D eigenvalue weighted by Crippen LogP contribution is -2.38. The van der Waals surface area contributed by atoms with Crippen LogP contribution in [-0.2, 0) is 19.1 Å². The molecule has 0 aliphatic heterocycles. The van der Waals surface area contributed by atoms with E-state index < -0.39 is 11.2 Å². The monoisotopic (exact) mass is 230 g/mol. The summed E-state index contributed by atoms with van der Waals surface area (Å²) in [6.45, 7) is 6.72. The van der Waals surface area contributed by atoms with Gasteiger partial charge in [-0.25, -0.2) is 0 Å². The number of hydrogen-bond acceptors (Lipinski definition) is 4. The van der Waals surface area contributed by atoms with E-state index in [1.807, 2.05) is 0 Å². The van der Waals surface area contributed by atoms with Gasteiger partial charge in [-0.2, -0.15) is 0 Å². The predicted molar refractivity (Wildman–Crippen MR) is 61.1 cm³/mol. The molecule has 0 heterocycles. The minimum Gasteiger partial charge on any atom is -0.353 e. The van der Waals surface area contributed by atoms with Gasteiger partial charge in [0.05, 0.1) is 6.42 Å². The first-order valence-electron chi connectivity index (χ1n) is 5.30. The number of rotatable bonds is 7. The Morgan fingerprint density at radius 3 is 1.75 bits per heavy atom. The summed E-state index contributed by atoms with van der Waals surface area (Å²) in [5.41, 5.74) is -0.663. The maximum Gasteiger partial charge on any atom is 0.171 e. The number of carbonyl (C=O) groups excluding carboxylic acids is 2. The Bertz CT molecular complexity index is 264. The van der Waals surface area contributed by atoms with Crippen molar-refractivity contribution in [2.75, 3.05) is 14.2 Å². The van der Waals surface area contributed by atoms with Crippen LogP contribution in [0.3, 0.4) is 0 Å². The van der Waals surface area contributed by atoms with E-state index in [-0.39, 0.29) is 24.4 Å². The highest BCUT2D eigenvalue weighted by Crippen LogP contribution is 2.28. The average molecular weight is 230 g/mol. The Hall–Kier alpha value is -0.740. The highest BCUT2D eigenvalue weighted by molar-refractivity contribution is 5.90. The van der Waals surface area contributed by atoms with Gasteiger partial charge in [-0.05, 0) is 13.8 Å². The van der Waals surface area contributed by atoms with Crippen molar-refractivity contribution in [2.45, 2.75) is 46.3 Å². The molecular weight excluding hydrogens is 208 g/mol. The summed E-state index contributed by atoms with van der Waals surface area (Å²) in [4.78, 5) is 23.1. The van der Waals surface area contributed by atoms with Gasteiger partial charge in [0.25, 0.3) is 0 Å². The number of carbonyl (C=O) groups is 2. The van der Waals surface area contributed by atoms with E-state index in [4.69, 9.17) is 9.47 Å². The largest absolute Gasteiger partial charge is 0.353 e. The molecule has 94 valence electrons. The van der Waals surface area contributed by atoms with Gasteiger partial charge in [0.15, 0.2) is 5.79 Å². The molecule has 0 spiro atoms. The van der Waals surface area contributed by atoms with E-state index in [0.717, 1.165) is 0 Å². The zero-order valence-electron chi connectivity index (χ0n) is 11.0. The molecule has 0 atom stereocenters. The Morgan fingerprint density at radius 2 is 1.44 bits per heavy atom. The second-order valence-corrected chi connectivity index (χ2v) is 4.90. The predicted octanol–water partition coefficient (Wildman–Crippen LogP) is 1.96. The van der Waals surface area contributed by atoms with E-state index in [9.17, 15) is 9.59 Å². The van der Waals surface area contributed by atoms with Gasteiger partial charge >= 0.3 is 0 Å². The molecule has 0 saturated heterocycles. The molecule has 16 heavy (non-hydrogen) atoms. The third kappa shape index (κ3) is 4.41. The molecule has 0 amide bonds. The molecule has 0 aromatic heterocycles. The molecule has 0 fully saturated rings. The lowest BCUT2D eigenvalue weighted by Gasteiger charge is -2.30. The van der Waals surface area contributed by atoms with Crippen molar-refractivity contribution in [1.82, 2.24) is 0 Å². The van der Waals surface area contributed by atoms with Crippen LogP contribution >= 0.6 is 0 Å². The number of Topliss-reactive ketones (excluding diaryl/α,β-unsaturated/α-hetero) is 2. The molecule has 0 aliphatic rings. The molecule has 0 bridgehead atoms. The molecule has 0 saturated carbocycles. The fraction of sp³-hybridized carbons (Fsp3) is 0.833. The van der Waals surface area contributed by atoms with Gasteiger partial charge in [-0.3, -0.25) is 9.59 Å². The Labute approximate surface area is 97.3 Å². The summed E-state index contributed by atoms with van der Waals surface area (Å²) in [6, 6.07) is 0. The second kappa shape index (κ2) is 5.55. The SMILES string of the molecule is COC(C)(CC(=O)C(C)(C)CC(C)=O)OC. The quantitative estimate of drug-likeness (QED) is 0.627. The number of hydrogen-bond donors (Lipinski definition) is 0. The third-order valence-corrected chi connectivity index (χ3v) is 2.79. The van der Waals surface area contributed by atoms with Crippen LogP contribution in [0.4, 0.5) is 0 Å². The van der Waals surface area contributed by atoms with Gasteiger partial charge < -0.3 is 9.47 Å². The van der Waals surface area contributed by atoms with Gasteiger partial charge in [0.1, 0.15) is 11.6 Å². The smallest absolute Gasteiger partial charge is 0.171 e. The molecule has 0 N–H and O–H groups in total. The molecule has 0 rings (SSSR count). The molecule has 0 aromatic rings. The summed E-state index contributed by atoms with van der Waals surface area (Å²) in [5, 5.41) is 0. The van der Waals surface area contributed by atoms with Crippen molar-refractivity contribution in [3.8, 4) is 0 Å². The maximum atomic E-state index is 12.0. The fourth-order valence-electron chi connectivity index (χ4n) is 1.48. The average Bonchev–Trinajstić information content (AvgIpc) is 2.15. The maximum absolute atomic E-state index is 12.0. The minimum absolute atomic E-state index is 0.00915. The first-order chi connectivity index (χ1) is 7.17. The van der Waals surface area contributed by atoms with Crippen LogP contribution < -0.4 is 0 Å². The number of methoxy groups -OCH3 is 2. The van der Waals surface area contributed by atoms with Crippen molar-refractivity contribution < 1.29 is 19.1 Å². The van der Waals surface area contributed by atoms with Gasteiger partial charge in [0, 0.05) is 26.1 Å². The van der Waals surface area contributed by atoms with Crippen molar-refractivity contribution in [1.29, 1.82) is 0 Å². The van der Waals surface area contributed by atoms with E-state index in [1.165, 1.54) is 21.1 Å². The molecule has 0 aromatic carbocycles. The van der Waals surface area contributed by atoms with Crippen molar-refractivity contribution in [3.05, 3.63) is 0 Å². The molecule has 0 radical (unpaired) electrons. The normalized spacial score (nSPS) is 12.6. The summed E-state index contributed by atoms with van der Waals surface area (Å²) >= 11 is 0. The van der Waals surface area contributed by atoms with E-state index in [2.05, 4.69) is 0 Å². The zero-order valence-corrected chi connectivity index (χ0v) is 11.0. The third-order valence-electron chi connectivity index (χ3n) is 2.79. The Balaban J connectivity index is 4.62. The number of ether oxygens (including phenoxy) is 2. The summed E-state index contributed by atoms with van der Waals surface area (Å²) in [6.07, 6.45) is 0.385. The van der Waals surface area contributed by atoms with E-state index in [1.54, 1.807) is 20.8 Å². The van der Waals surface area contributed by atoms with Crippen LogP contribution in [0.25, 0.3) is 0 Å². The van der Waals surface area contributed by atoms with Crippen molar-refractivity contribution >= 4 is 11.6 Å². The zero-order chi connectivity index (χ0) is 13.0. The summed E-state index contributed by atoms with van der Waals surface area (Å²) < 4.78 is 10.3. The van der Waals surface area contributed by atoms with Gasteiger partial charge in [0.2, 0.25) is 0 Å². The standard InChI is InChI=1S/C12H22O4/c1-9(13)7-11(2,3)10(14)8-12(4,15-5)16-6/h7-8H2,1-6H3. The van der Waals surface area contributed by atoms with E-state index >= 15 is 0 Å². The Morgan fingerprint density at radius 1 is 1.00 bits per heavy atom. The van der Waals surface area contributed by atoms with Gasteiger partial charge in [-0.1, -0.05) is 13.8 Å². The van der Waals surface area contributed by atoms with Crippen molar-refractivity contribution in [3.63, 3.8) is 0 Å². The fourth-order valence-corrected chi connectivity index (χ4v) is 1.48. The Kier molecular flexibility index (Phi) is 5.29. The van der Waals surface area contributed by atoms with Crippen LogP contribution in [-0.4, -0.2) is 31.6 Å². The number of ketones is 2. The lowest BCUT2D eigenvalue weighted by molar-refractivity contribution is -0.200. The minimum atomic E-state index is -0.912. The first-order valence-corrected chi connectivity index (χ1v) is 5.30. The second-order valence-electron chi connectivity index (χ2n) is 4.90. The molecule has 0 aliphatic carbocycles. The lowest BCUT2D eigenvalue weighted by atomic mass is 9.80. The van der Waals surface area contributed by atoms with Crippen LogP contribution in [0.5, 0.6) is 0 Å². The van der Waals surface area contributed by atoms with Crippen molar-refractivity contribution in [2.24, 2.45) is 5.41 Å². The van der Waals surface area contributed by atoms with Gasteiger partial charge in [-0.15, -0.1) is 0 Å². The molecule has 4 nitrogen and oxygen atoms in total. The summed E-state index contributed by atoms with van der Waals surface area (Å²) in [5.74, 6) is -0.936. The molecule has 4 heteroatoms. The first kappa shape index (κ1) is 15.3. The molecular formula is C12H22O4. The summed E-state index contributed by atoms with van der Waals surface area (Å²) in [7, 11) is 2.99. The van der Waals surface area contributed by atoms with E-state index in [0.29, 0.717) is 0 Å². The molecule has 0 unspecified atom stereocenters. The highest BCUT2D eigenvalue weighted by Gasteiger charge is 2.35. The van der Waals surface area contributed by atoms with Crippen LogP contribution in [0.1, 0.15) is 40.5 Å². The van der Waals surface area contributed by atoms with Crippen LogP contribution in [0.15, 0.2) is 0 Å². The van der Waals surface area contributed by atoms with Crippen LogP contribution in [0, 0.1) is 5.41 Å².